The summed E-state index contributed by atoms with van der Waals surface area (Å²) in [5.41, 5.74) is 2.77. The summed E-state index contributed by atoms with van der Waals surface area (Å²) in [6, 6.07) is 19.9. The Kier molecular flexibility index (Phi) is 5.24. The van der Waals surface area contributed by atoms with Crippen LogP contribution in [0.15, 0.2) is 71.6 Å². The van der Waals surface area contributed by atoms with Gasteiger partial charge in [0.25, 0.3) is 0 Å². The number of allylic oxidation sites excluding steroid dienone is 1. The lowest BCUT2D eigenvalue weighted by molar-refractivity contribution is 0.398. The quantitative estimate of drug-likeness (QED) is 0.736. The average Bonchev–Trinajstić information content (AvgIpc) is 2.79. The van der Waals surface area contributed by atoms with Crippen LogP contribution < -0.4 is 5.32 Å². The molecule has 3 rings (SSSR count). The van der Waals surface area contributed by atoms with Crippen LogP contribution >= 0.6 is 11.8 Å². The molecule has 0 amide bonds. The van der Waals surface area contributed by atoms with E-state index >= 15 is 0 Å². The average molecular weight is 324 g/mol. The monoisotopic (exact) mass is 323 g/mol. The van der Waals surface area contributed by atoms with Crippen LogP contribution in [0.25, 0.3) is 0 Å². The molecule has 1 heterocycles. The fourth-order valence-corrected chi connectivity index (χ4v) is 4.46. The second-order valence-electron chi connectivity index (χ2n) is 6.13. The van der Waals surface area contributed by atoms with Crippen molar-refractivity contribution >= 4 is 11.8 Å². The fraction of sp³-hybridized carbons (Fsp3) is 0.333. The van der Waals surface area contributed by atoms with Crippen LogP contribution in [-0.4, -0.2) is 11.3 Å². The molecule has 0 radical (unpaired) electrons. The second-order valence-corrected chi connectivity index (χ2v) is 7.15. The Bertz CT molecular complexity index is 665. The van der Waals surface area contributed by atoms with E-state index in [4.69, 9.17) is 0 Å². The number of fused-ring (bicyclic) bond motifs is 1. The second kappa shape index (κ2) is 7.37. The van der Waals surface area contributed by atoms with Crippen molar-refractivity contribution < 1.29 is 0 Å². The zero-order valence-electron chi connectivity index (χ0n) is 14.0. The summed E-state index contributed by atoms with van der Waals surface area (Å²) in [5, 5.41) is 3.98. The molecule has 2 aromatic rings. The molecule has 0 bridgehead atoms. The SMILES string of the molecule is CC/C=C/[C@@]1(CC)CSc2ccccc2[C@H](c2ccccc2)N1. The van der Waals surface area contributed by atoms with E-state index in [1.807, 2.05) is 11.8 Å². The van der Waals surface area contributed by atoms with Crippen molar-refractivity contribution in [3.05, 3.63) is 77.9 Å². The van der Waals surface area contributed by atoms with E-state index in [0.29, 0.717) is 0 Å². The van der Waals surface area contributed by atoms with Crippen molar-refractivity contribution in [3.8, 4) is 0 Å². The maximum atomic E-state index is 3.98. The van der Waals surface area contributed by atoms with Gasteiger partial charge < -0.3 is 0 Å². The van der Waals surface area contributed by atoms with Crippen LogP contribution in [0.2, 0.25) is 0 Å². The third-order valence-electron chi connectivity index (χ3n) is 4.58. The molecule has 2 heteroatoms. The molecule has 0 saturated heterocycles. The third kappa shape index (κ3) is 3.54. The van der Waals surface area contributed by atoms with Gasteiger partial charge in [-0.2, -0.15) is 0 Å². The molecule has 0 fully saturated rings. The van der Waals surface area contributed by atoms with Crippen molar-refractivity contribution in [2.45, 2.75) is 43.2 Å². The summed E-state index contributed by atoms with van der Waals surface area (Å²) >= 11 is 1.98. The third-order valence-corrected chi connectivity index (χ3v) is 5.93. The number of benzene rings is 2. The van der Waals surface area contributed by atoms with Gasteiger partial charge >= 0.3 is 0 Å². The number of thioether (sulfide) groups is 1. The van der Waals surface area contributed by atoms with E-state index in [1.165, 1.54) is 16.0 Å². The molecule has 0 spiro atoms. The van der Waals surface area contributed by atoms with Crippen molar-refractivity contribution in [3.63, 3.8) is 0 Å². The topological polar surface area (TPSA) is 12.0 Å². The molecule has 1 N–H and O–H groups in total. The predicted octanol–water partition coefficient (Wildman–Crippen LogP) is 5.59. The zero-order chi connectivity index (χ0) is 16.1. The molecule has 0 aliphatic carbocycles. The lowest BCUT2D eigenvalue weighted by atomic mass is 9.91. The number of hydrogen-bond acceptors (Lipinski definition) is 2. The minimum Gasteiger partial charge on any atom is -0.296 e. The molecule has 1 aliphatic rings. The molecule has 1 nitrogen and oxygen atoms in total. The van der Waals surface area contributed by atoms with E-state index in [9.17, 15) is 0 Å². The Morgan fingerprint density at radius 1 is 1.09 bits per heavy atom. The molecule has 2 aromatic carbocycles. The summed E-state index contributed by atoms with van der Waals surface area (Å²) < 4.78 is 0. The van der Waals surface area contributed by atoms with Gasteiger partial charge in [-0.3, -0.25) is 5.32 Å². The molecule has 120 valence electrons. The first-order valence-electron chi connectivity index (χ1n) is 8.50. The van der Waals surface area contributed by atoms with Gasteiger partial charge in [-0.25, -0.2) is 0 Å². The highest BCUT2D eigenvalue weighted by Crippen LogP contribution is 2.39. The molecule has 0 unspecified atom stereocenters. The van der Waals surface area contributed by atoms with Gasteiger partial charge in [-0.05, 0) is 30.0 Å². The maximum absolute atomic E-state index is 3.98. The first-order valence-corrected chi connectivity index (χ1v) is 9.48. The molecule has 1 aliphatic heterocycles. The van der Waals surface area contributed by atoms with Crippen LogP contribution in [0.5, 0.6) is 0 Å². The predicted molar refractivity (Wildman–Crippen MR) is 101 cm³/mol. The van der Waals surface area contributed by atoms with Gasteiger partial charge in [0.2, 0.25) is 0 Å². The molecule has 0 saturated carbocycles. The van der Waals surface area contributed by atoms with Crippen LogP contribution in [0.4, 0.5) is 0 Å². The number of rotatable bonds is 4. The Morgan fingerprint density at radius 3 is 2.57 bits per heavy atom. The van der Waals surface area contributed by atoms with E-state index < -0.39 is 0 Å². The van der Waals surface area contributed by atoms with E-state index in [1.54, 1.807) is 0 Å². The summed E-state index contributed by atoms with van der Waals surface area (Å²) in [4.78, 5) is 1.40. The Hall–Kier alpha value is -1.51. The molecule has 0 aromatic heterocycles. The lowest BCUT2D eigenvalue weighted by Gasteiger charge is -2.33. The summed E-state index contributed by atoms with van der Waals surface area (Å²) in [6.45, 7) is 4.48. The molecule has 23 heavy (non-hydrogen) atoms. The number of hydrogen-bond donors (Lipinski definition) is 1. The van der Waals surface area contributed by atoms with Crippen LogP contribution in [0.3, 0.4) is 0 Å². The van der Waals surface area contributed by atoms with Crippen molar-refractivity contribution in [2.75, 3.05) is 5.75 Å². The van der Waals surface area contributed by atoms with Crippen molar-refractivity contribution in [1.29, 1.82) is 0 Å². The molecular weight excluding hydrogens is 298 g/mol. The highest BCUT2D eigenvalue weighted by Gasteiger charge is 2.33. The van der Waals surface area contributed by atoms with Crippen LogP contribution in [0.1, 0.15) is 43.9 Å². The first-order chi connectivity index (χ1) is 11.3. The highest BCUT2D eigenvalue weighted by atomic mass is 32.2. The minimum atomic E-state index is 0.0419. The standard InChI is InChI=1S/C21H25NS/c1-3-5-15-21(4-2)16-23-19-14-10-9-13-18(19)20(22-21)17-11-7-6-8-12-17/h5-15,20,22H,3-4,16H2,1-2H3/b15-5+/t20-,21-/m0/s1. The normalized spacial score (nSPS) is 24.3. The van der Waals surface area contributed by atoms with Gasteiger partial charge in [-0.1, -0.05) is 74.5 Å². The molecule has 2 atom stereocenters. The Labute approximate surface area is 144 Å². The van der Waals surface area contributed by atoms with Gasteiger partial charge in [0.05, 0.1) is 6.04 Å². The van der Waals surface area contributed by atoms with Gasteiger partial charge in [0.1, 0.15) is 0 Å². The zero-order valence-corrected chi connectivity index (χ0v) is 14.8. The smallest absolute Gasteiger partial charge is 0.0594 e. The highest BCUT2D eigenvalue weighted by molar-refractivity contribution is 7.99. The van der Waals surface area contributed by atoms with Crippen LogP contribution in [0, 0.1) is 0 Å². The fourth-order valence-electron chi connectivity index (χ4n) is 3.13. The van der Waals surface area contributed by atoms with Crippen molar-refractivity contribution in [2.24, 2.45) is 0 Å². The van der Waals surface area contributed by atoms with E-state index in [-0.39, 0.29) is 11.6 Å². The Balaban J connectivity index is 2.06. The van der Waals surface area contributed by atoms with E-state index in [0.717, 1.165) is 18.6 Å². The van der Waals surface area contributed by atoms with E-state index in [2.05, 4.69) is 85.9 Å². The summed E-state index contributed by atoms with van der Waals surface area (Å²) in [6.07, 6.45) is 6.86. The number of nitrogens with one attached hydrogen (secondary N) is 1. The van der Waals surface area contributed by atoms with Gasteiger partial charge in [0, 0.05) is 16.2 Å². The first kappa shape index (κ1) is 16.4. The Morgan fingerprint density at radius 2 is 1.83 bits per heavy atom. The molecular formula is C21H25NS. The van der Waals surface area contributed by atoms with Crippen LogP contribution in [-0.2, 0) is 0 Å². The minimum absolute atomic E-state index is 0.0419. The largest absolute Gasteiger partial charge is 0.296 e. The van der Waals surface area contributed by atoms with Crippen molar-refractivity contribution in [1.82, 2.24) is 5.32 Å². The summed E-state index contributed by atoms with van der Waals surface area (Å²) in [7, 11) is 0. The van der Waals surface area contributed by atoms with Gasteiger partial charge in [-0.15, -0.1) is 11.8 Å². The maximum Gasteiger partial charge on any atom is 0.0594 e. The van der Waals surface area contributed by atoms with Gasteiger partial charge in [0.15, 0.2) is 0 Å². The summed E-state index contributed by atoms with van der Waals surface area (Å²) in [5.74, 6) is 1.07. The lowest BCUT2D eigenvalue weighted by Crippen LogP contribution is -2.46.